The molecule has 1 saturated carbocycles. The highest BCUT2D eigenvalue weighted by Gasteiger charge is 2.50. The Morgan fingerprint density at radius 3 is 2.91 bits per heavy atom. The summed E-state index contributed by atoms with van der Waals surface area (Å²) in [7, 11) is 2.01. The number of nitrogens with zero attached hydrogens (tertiary/aromatic N) is 2. The van der Waals surface area contributed by atoms with Gasteiger partial charge in [-0.25, -0.2) is 0 Å². The van der Waals surface area contributed by atoms with Crippen molar-refractivity contribution in [2.75, 3.05) is 20.2 Å². The van der Waals surface area contributed by atoms with Gasteiger partial charge in [0.1, 0.15) is 0 Å². The van der Waals surface area contributed by atoms with Crippen LogP contribution in [0.5, 0.6) is 0 Å². The third kappa shape index (κ3) is 3.84. The molecule has 1 aliphatic carbocycles. The van der Waals surface area contributed by atoms with Gasteiger partial charge in [0, 0.05) is 37.0 Å². The van der Waals surface area contributed by atoms with E-state index >= 15 is 0 Å². The summed E-state index contributed by atoms with van der Waals surface area (Å²) < 4.78 is 5.75. The average Bonchev–Trinajstić information content (AvgIpc) is 2.50. The van der Waals surface area contributed by atoms with Gasteiger partial charge in [-0.2, -0.15) is 0 Å². The lowest BCUT2D eigenvalue weighted by Crippen LogP contribution is -2.62. The molecule has 22 heavy (non-hydrogen) atoms. The minimum Gasteiger partial charge on any atom is -0.378 e. The van der Waals surface area contributed by atoms with E-state index in [-0.39, 0.29) is 11.3 Å². The Morgan fingerprint density at radius 2 is 2.32 bits per heavy atom. The van der Waals surface area contributed by atoms with Gasteiger partial charge in [0.25, 0.3) is 0 Å². The largest absolute Gasteiger partial charge is 0.378 e. The molecule has 1 aromatic heterocycles. The van der Waals surface area contributed by atoms with Crippen LogP contribution in [0.25, 0.3) is 0 Å². The van der Waals surface area contributed by atoms with Gasteiger partial charge in [-0.1, -0.05) is 19.9 Å². The molecule has 5 nitrogen and oxygen atoms in total. The zero-order valence-corrected chi connectivity index (χ0v) is 14.0. The zero-order valence-electron chi connectivity index (χ0n) is 14.0. The molecule has 0 aliphatic heterocycles. The lowest BCUT2D eigenvalue weighted by atomic mass is 9.64. The molecule has 2 unspecified atom stereocenters. The predicted octanol–water partition coefficient (Wildman–Crippen LogP) is 1.83. The summed E-state index contributed by atoms with van der Waals surface area (Å²) in [5.41, 5.74) is 1.10. The second-order valence-corrected chi connectivity index (χ2v) is 6.57. The summed E-state index contributed by atoms with van der Waals surface area (Å²) in [6, 6.07) is 4.21. The fraction of sp³-hybridized carbons (Fsp3) is 0.647. The van der Waals surface area contributed by atoms with Crippen LogP contribution >= 0.6 is 0 Å². The molecule has 0 bridgehead atoms. The average molecular weight is 305 g/mol. The van der Waals surface area contributed by atoms with E-state index in [4.69, 9.17) is 4.74 Å². The number of hydrogen-bond acceptors (Lipinski definition) is 4. The van der Waals surface area contributed by atoms with Crippen molar-refractivity contribution in [2.24, 2.45) is 5.41 Å². The molecule has 0 spiro atoms. The second-order valence-electron chi connectivity index (χ2n) is 6.57. The standard InChI is InChI=1S/C17H27N3O2/c1-5-22-15-9-14(17(15,2)3)20(4)12-16(21)19-11-13-7-6-8-18-10-13/h6-8,10,14-15H,5,9,11-12H2,1-4H3,(H,19,21). The number of aromatic nitrogens is 1. The van der Waals surface area contributed by atoms with Gasteiger partial charge >= 0.3 is 0 Å². The Bertz CT molecular complexity index is 490. The molecule has 0 saturated heterocycles. The molecule has 2 atom stereocenters. The van der Waals surface area contributed by atoms with E-state index in [1.807, 2.05) is 26.1 Å². The Labute approximate surface area is 133 Å². The summed E-state index contributed by atoms with van der Waals surface area (Å²) in [5.74, 6) is 0.0435. The summed E-state index contributed by atoms with van der Waals surface area (Å²) in [6.45, 7) is 8.13. The number of carbonyl (C=O) groups is 1. The normalized spacial score (nSPS) is 23.1. The van der Waals surface area contributed by atoms with Crippen LogP contribution in [-0.4, -0.2) is 48.1 Å². The molecular weight excluding hydrogens is 278 g/mol. The van der Waals surface area contributed by atoms with E-state index in [1.54, 1.807) is 12.4 Å². The molecule has 2 rings (SSSR count). The molecule has 1 aliphatic rings. The maximum absolute atomic E-state index is 12.1. The molecule has 1 aromatic rings. The van der Waals surface area contributed by atoms with Crippen LogP contribution in [0.3, 0.4) is 0 Å². The smallest absolute Gasteiger partial charge is 0.234 e. The fourth-order valence-corrected chi connectivity index (χ4v) is 3.19. The van der Waals surface area contributed by atoms with Crippen molar-refractivity contribution in [1.82, 2.24) is 15.2 Å². The molecule has 1 amide bonds. The van der Waals surface area contributed by atoms with Gasteiger partial charge in [-0.05, 0) is 32.0 Å². The molecule has 1 heterocycles. The van der Waals surface area contributed by atoms with E-state index in [9.17, 15) is 4.79 Å². The molecule has 5 heteroatoms. The number of ether oxygens (including phenoxy) is 1. The first-order chi connectivity index (χ1) is 10.4. The number of rotatable bonds is 7. The minimum atomic E-state index is 0.0435. The van der Waals surface area contributed by atoms with Crippen molar-refractivity contribution in [3.05, 3.63) is 30.1 Å². The summed E-state index contributed by atoms with van der Waals surface area (Å²) in [5, 5.41) is 2.94. The number of carbonyl (C=O) groups excluding carboxylic acids is 1. The van der Waals surface area contributed by atoms with Crippen molar-refractivity contribution in [1.29, 1.82) is 0 Å². The van der Waals surface area contributed by atoms with Crippen molar-refractivity contribution >= 4 is 5.91 Å². The van der Waals surface area contributed by atoms with Gasteiger partial charge < -0.3 is 10.1 Å². The van der Waals surface area contributed by atoms with Crippen LogP contribution in [0.4, 0.5) is 0 Å². The van der Waals surface area contributed by atoms with Crippen LogP contribution < -0.4 is 5.32 Å². The van der Waals surface area contributed by atoms with E-state index in [2.05, 4.69) is 29.0 Å². The van der Waals surface area contributed by atoms with Crippen LogP contribution in [0.1, 0.15) is 32.8 Å². The second kappa shape index (κ2) is 7.20. The first-order valence-corrected chi connectivity index (χ1v) is 7.92. The summed E-state index contributed by atoms with van der Waals surface area (Å²) >= 11 is 0. The first-order valence-electron chi connectivity index (χ1n) is 7.92. The maximum Gasteiger partial charge on any atom is 0.234 e. The third-order valence-corrected chi connectivity index (χ3v) is 4.63. The topological polar surface area (TPSA) is 54.5 Å². The number of likely N-dealkylation sites (N-methyl/N-ethyl adjacent to an activating group) is 1. The van der Waals surface area contributed by atoms with Crippen molar-refractivity contribution in [3.8, 4) is 0 Å². The molecular formula is C17H27N3O2. The number of nitrogens with one attached hydrogen (secondary N) is 1. The highest BCUT2D eigenvalue weighted by Crippen LogP contribution is 2.45. The van der Waals surface area contributed by atoms with Crippen LogP contribution in [-0.2, 0) is 16.1 Å². The highest BCUT2D eigenvalue weighted by molar-refractivity contribution is 5.78. The van der Waals surface area contributed by atoms with Gasteiger partial charge in [0.15, 0.2) is 0 Å². The van der Waals surface area contributed by atoms with E-state index in [0.29, 0.717) is 25.2 Å². The molecule has 122 valence electrons. The van der Waals surface area contributed by atoms with Gasteiger partial charge in [-0.3, -0.25) is 14.7 Å². The van der Waals surface area contributed by atoms with Gasteiger partial charge in [0.2, 0.25) is 5.91 Å². The van der Waals surface area contributed by atoms with E-state index in [1.165, 1.54) is 0 Å². The van der Waals surface area contributed by atoms with E-state index in [0.717, 1.165) is 18.6 Å². The number of pyridine rings is 1. The Hall–Kier alpha value is -1.46. The van der Waals surface area contributed by atoms with Crippen LogP contribution in [0.2, 0.25) is 0 Å². The monoisotopic (exact) mass is 305 g/mol. The van der Waals surface area contributed by atoms with Crippen molar-refractivity contribution < 1.29 is 9.53 Å². The van der Waals surface area contributed by atoms with E-state index < -0.39 is 0 Å². The van der Waals surface area contributed by atoms with Crippen molar-refractivity contribution in [3.63, 3.8) is 0 Å². The minimum absolute atomic E-state index is 0.0435. The first kappa shape index (κ1) is 16.9. The summed E-state index contributed by atoms with van der Waals surface area (Å²) in [4.78, 5) is 18.3. The molecule has 0 aromatic carbocycles. The Kier molecular flexibility index (Phi) is 5.53. The van der Waals surface area contributed by atoms with Crippen LogP contribution in [0.15, 0.2) is 24.5 Å². The lowest BCUT2D eigenvalue weighted by Gasteiger charge is -2.54. The molecule has 1 fully saturated rings. The Morgan fingerprint density at radius 1 is 1.55 bits per heavy atom. The van der Waals surface area contributed by atoms with Crippen molar-refractivity contribution in [2.45, 2.75) is 45.9 Å². The predicted molar refractivity (Wildman–Crippen MR) is 86.3 cm³/mol. The fourth-order valence-electron chi connectivity index (χ4n) is 3.19. The SMILES string of the molecule is CCOC1CC(N(C)CC(=O)NCc2cccnc2)C1(C)C. The van der Waals surface area contributed by atoms with Gasteiger partial charge in [0.05, 0.1) is 12.6 Å². The maximum atomic E-state index is 12.1. The zero-order chi connectivity index (χ0) is 16.2. The molecule has 1 N–H and O–H groups in total. The summed E-state index contributed by atoms with van der Waals surface area (Å²) in [6.07, 6.45) is 4.79. The number of hydrogen-bond donors (Lipinski definition) is 1. The number of amides is 1. The molecule has 0 radical (unpaired) electrons. The lowest BCUT2D eigenvalue weighted by molar-refractivity contribution is -0.150. The Balaban J connectivity index is 1.77. The quantitative estimate of drug-likeness (QED) is 0.835. The van der Waals surface area contributed by atoms with Gasteiger partial charge in [-0.15, -0.1) is 0 Å². The highest BCUT2D eigenvalue weighted by atomic mass is 16.5. The third-order valence-electron chi connectivity index (χ3n) is 4.63. The van der Waals surface area contributed by atoms with Crippen LogP contribution in [0, 0.1) is 5.41 Å².